The molecule has 59 heavy (non-hydrogen) atoms. The Labute approximate surface area is 343 Å². The van der Waals surface area contributed by atoms with E-state index in [9.17, 15) is 0 Å². The monoisotopic (exact) mass is 753 g/mol. The number of anilines is 3. The minimum absolute atomic E-state index is 0.130. The van der Waals surface area contributed by atoms with Crippen LogP contribution in [0.15, 0.2) is 205 Å². The molecule has 0 saturated heterocycles. The predicted molar refractivity (Wildman–Crippen MR) is 249 cm³/mol. The van der Waals surface area contributed by atoms with E-state index in [0.29, 0.717) is 0 Å². The molecule has 0 amide bonds. The smallest absolute Gasteiger partial charge is 0.137 e. The molecule has 0 spiro atoms. The van der Waals surface area contributed by atoms with Gasteiger partial charge in [-0.25, -0.2) is 0 Å². The third kappa shape index (κ3) is 5.13. The number of fused-ring (bicyclic) bond motifs is 11. The Kier molecular flexibility index (Phi) is 7.31. The van der Waals surface area contributed by atoms with Gasteiger partial charge in [0.25, 0.3) is 0 Å². The van der Waals surface area contributed by atoms with E-state index >= 15 is 0 Å². The van der Waals surface area contributed by atoms with Gasteiger partial charge in [-0.1, -0.05) is 159 Å². The minimum Gasteiger partial charge on any atom is -0.456 e. The van der Waals surface area contributed by atoms with Crippen LogP contribution < -0.4 is 4.90 Å². The van der Waals surface area contributed by atoms with Crippen molar-refractivity contribution in [3.05, 3.63) is 211 Å². The van der Waals surface area contributed by atoms with Gasteiger partial charge in [0.15, 0.2) is 0 Å². The van der Waals surface area contributed by atoms with Crippen LogP contribution in [0.4, 0.5) is 17.1 Å². The molecule has 0 N–H and O–H groups in total. The lowest BCUT2D eigenvalue weighted by atomic mass is 9.82. The van der Waals surface area contributed by atoms with Gasteiger partial charge in [-0.3, -0.25) is 0 Å². The van der Waals surface area contributed by atoms with Crippen LogP contribution in [0, 0.1) is 0 Å². The first kappa shape index (κ1) is 33.7. The molecule has 278 valence electrons. The van der Waals surface area contributed by atoms with Crippen LogP contribution in [-0.4, -0.2) is 0 Å². The van der Waals surface area contributed by atoms with E-state index in [2.05, 4.69) is 219 Å². The van der Waals surface area contributed by atoms with Crippen LogP contribution in [0.5, 0.6) is 0 Å². The zero-order chi connectivity index (χ0) is 39.2. The van der Waals surface area contributed by atoms with Gasteiger partial charge in [0.2, 0.25) is 0 Å². The first-order valence-corrected chi connectivity index (χ1v) is 20.5. The Bertz CT molecular complexity index is 3460. The molecule has 0 unspecified atom stereocenters. The second-order valence-corrected chi connectivity index (χ2v) is 16.5. The summed E-state index contributed by atoms with van der Waals surface area (Å²) < 4.78 is 6.86. The molecule has 0 saturated carbocycles. The van der Waals surface area contributed by atoms with Crippen molar-refractivity contribution in [1.82, 2.24) is 0 Å². The molecule has 1 aliphatic carbocycles. The maximum atomic E-state index is 6.86. The number of hydrogen-bond donors (Lipinski definition) is 0. The van der Waals surface area contributed by atoms with Crippen LogP contribution in [0.1, 0.15) is 25.0 Å². The fraction of sp³-hybridized carbons (Fsp3) is 0.0526. The Morgan fingerprint density at radius 1 is 0.356 bits per heavy atom. The second-order valence-electron chi connectivity index (χ2n) is 16.5. The Morgan fingerprint density at radius 2 is 0.932 bits per heavy atom. The molecule has 11 aromatic rings. The standard InChI is InChI=1S/C57H39NO/c1-57(2)52-23-13-12-21-46(52)47-30-28-40(33-53(47)57)58(39-26-24-37(25-27-39)50-32-38-16-6-7-17-42(38)43-18-8-9-19-44(43)50)41-29-31-49-54(34-41)59-55-35-51(36-14-4-3-5-15-36)45-20-10-11-22-48(45)56(49)55/h3-35H,1-2H3. The van der Waals surface area contributed by atoms with Crippen LogP contribution in [0.3, 0.4) is 0 Å². The lowest BCUT2D eigenvalue weighted by Crippen LogP contribution is -2.16. The molecule has 0 radical (unpaired) electrons. The van der Waals surface area contributed by atoms with Gasteiger partial charge < -0.3 is 9.32 Å². The maximum absolute atomic E-state index is 6.86. The summed E-state index contributed by atoms with van der Waals surface area (Å²) in [5.41, 5.74) is 15.0. The first-order valence-electron chi connectivity index (χ1n) is 20.5. The highest BCUT2D eigenvalue weighted by atomic mass is 16.3. The van der Waals surface area contributed by atoms with E-state index in [0.717, 1.165) is 39.0 Å². The van der Waals surface area contributed by atoms with Gasteiger partial charge in [-0.2, -0.15) is 0 Å². The van der Waals surface area contributed by atoms with Crippen molar-refractivity contribution in [2.75, 3.05) is 4.90 Å². The average Bonchev–Trinajstić information content (AvgIpc) is 3.77. The molecule has 0 fully saturated rings. The third-order valence-corrected chi connectivity index (χ3v) is 12.8. The zero-order valence-corrected chi connectivity index (χ0v) is 32.9. The van der Waals surface area contributed by atoms with Gasteiger partial charge in [-0.05, 0) is 125 Å². The maximum Gasteiger partial charge on any atom is 0.137 e. The highest BCUT2D eigenvalue weighted by Crippen LogP contribution is 2.51. The Hall–Kier alpha value is -7.42. The number of hydrogen-bond acceptors (Lipinski definition) is 2. The normalized spacial score (nSPS) is 13.1. The lowest BCUT2D eigenvalue weighted by Gasteiger charge is -2.28. The molecule has 0 bridgehead atoms. The van der Waals surface area contributed by atoms with E-state index in [1.165, 1.54) is 76.8 Å². The quantitative estimate of drug-likeness (QED) is 0.163. The van der Waals surface area contributed by atoms with Crippen molar-refractivity contribution < 1.29 is 4.42 Å². The summed E-state index contributed by atoms with van der Waals surface area (Å²) in [6.07, 6.45) is 0. The van der Waals surface area contributed by atoms with E-state index < -0.39 is 0 Å². The second kappa shape index (κ2) is 12.8. The van der Waals surface area contributed by atoms with E-state index in [1.54, 1.807) is 0 Å². The summed E-state index contributed by atoms with van der Waals surface area (Å²) in [6.45, 7) is 4.70. The number of rotatable bonds is 5. The zero-order valence-electron chi connectivity index (χ0n) is 32.9. The molecule has 1 aliphatic rings. The summed E-state index contributed by atoms with van der Waals surface area (Å²) >= 11 is 0. The largest absolute Gasteiger partial charge is 0.456 e. The van der Waals surface area contributed by atoms with Crippen molar-refractivity contribution >= 4 is 71.3 Å². The molecule has 10 aromatic carbocycles. The topological polar surface area (TPSA) is 16.4 Å². The van der Waals surface area contributed by atoms with Crippen LogP contribution in [-0.2, 0) is 5.41 Å². The van der Waals surface area contributed by atoms with Crippen molar-refractivity contribution in [2.24, 2.45) is 0 Å². The number of benzene rings is 10. The molecule has 2 heteroatoms. The fourth-order valence-corrected chi connectivity index (χ4v) is 9.99. The highest BCUT2D eigenvalue weighted by Gasteiger charge is 2.35. The molecular formula is C57H39NO. The molecule has 2 nitrogen and oxygen atoms in total. The molecule has 0 aliphatic heterocycles. The van der Waals surface area contributed by atoms with Gasteiger partial charge in [0.05, 0.1) is 0 Å². The average molecular weight is 754 g/mol. The molecule has 1 heterocycles. The van der Waals surface area contributed by atoms with Gasteiger partial charge >= 0.3 is 0 Å². The summed E-state index contributed by atoms with van der Waals surface area (Å²) in [6, 6.07) is 73.1. The van der Waals surface area contributed by atoms with E-state index in [4.69, 9.17) is 4.42 Å². The van der Waals surface area contributed by atoms with Gasteiger partial charge in [0, 0.05) is 39.3 Å². The summed E-state index contributed by atoms with van der Waals surface area (Å²) in [4.78, 5) is 2.39. The SMILES string of the molecule is CC1(C)c2ccccc2-c2ccc(N(c3ccc(-c4cc5ccccc5c5ccccc45)cc3)c3ccc4c(c3)oc3cc(-c5ccccc5)c5ccccc5c34)cc21. The molecule has 0 atom stereocenters. The van der Waals surface area contributed by atoms with Crippen molar-refractivity contribution in [3.8, 4) is 33.4 Å². The van der Waals surface area contributed by atoms with E-state index in [-0.39, 0.29) is 5.41 Å². The van der Waals surface area contributed by atoms with Crippen LogP contribution in [0.25, 0.3) is 87.6 Å². The third-order valence-electron chi connectivity index (χ3n) is 12.8. The van der Waals surface area contributed by atoms with Crippen LogP contribution >= 0.6 is 0 Å². The fourth-order valence-electron chi connectivity index (χ4n) is 9.99. The number of furan rings is 1. The summed E-state index contributed by atoms with van der Waals surface area (Å²) in [7, 11) is 0. The molecule has 12 rings (SSSR count). The lowest BCUT2D eigenvalue weighted by molar-refractivity contribution is 0.660. The van der Waals surface area contributed by atoms with Gasteiger partial charge in [-0.15, -0.1) is 0 Å². The summed E-state index contributed by atoms with van der Waals surface area (Å²) in [5.74, 6) is 0. The first-order chi connectivity index (χ1) is 29.0. The predicted octanol–water partition coefficient (Wildman–Crippen LogP) is 16.2. The van der Waals surface area contributed by atoms with E-state index in [1.807, 2.05) is 0 Å². The Balaban J connectivity index is 1.04. The van der Waals surface area contributed by atoms with Crippen LogP contribution in [0.2, 0.25) is 0 Å². The van der Waals surface area contributed by atoms with Crippen molar-refractivity contribution in [3.63, 3.8) is 0 Å². The van der Waals surface area contributed by atoms with Crippen molar-refractivity contribution in [1.29, 1.82) is 0 Å². The van der Waals surface area contributed by atoms with Crippen molar-refractivity contribution in [2.45, 2.75) is 19.3 Å². The number of nitrogens with zero attached hydrogens (tertiary/aromatic N) is 1. The summed E-state index contributed by atoms with van der Waals surface area (Å²) in [5, 5.41) is 9.74. The minimum atomic E-state index is -0.130. The molecule has 1 aromatic heterocycles. The molecular weight excluding hydrogens is 715 g/mol. The van der Waals surface area contributed by atoms with Gasteiger partial charge in [0.1, 0.15) is 11.2 Å². The highest BCUT2D eigenvalue weighted by molar-refractivity contribution is 6.22. The Morgan fingerprint density at radius 3 is 1.75 bits per heavy atom.